The Hall–Kier alpha value is -1.82. The average Bonchev–Trinajstić information content (AvgIpc) is 2.26. The summed E-state index contributed by atoms with van der Waals surface area (Å²) in [6.07, 6.45) is 0.682. The van der Waals surface area contributed by atoms with E-state index in [-0.39, 0.29) is 17.3 Å². The predicted octanol–water partition coefficient (Wildman–Crippen LogP) is 3.26. The number of rotatable bonds is 3. The SMILES string of the molecule is CCOC(=O)c1ncc(NC(=O)OC(C)(C)C)cc1Cl. The summed E-state index contributed by atoms with van der Waals surface area (Å²) in [4.78, 5) is 26.9. The molecule has 0 aromatic carbocycles. The number of carbonyl (C=O) groups excluding carboxylic acids is 2. The molecule has 0 aliphatic carbocycles. The first kappa shape index (κ1) is 16.2. The van der Waals surface area contributed by atoms with Crippen molar-refractivity contribution in [3.05, 3.63) is 23.0 Å². The van der Waals surface area contributed by atoms with E-state index in [2.05, 4.69) is 10.3 Å². The Kier molecular flexibility index (Phi) is 5.33. The highest BCUT2D eigenvalue weighted by Crippen LogP contribution is 2.20. The first-order chi connectivity index (χ1) is 9.23. The van der Waals surface area contributed by atoms with Gasteiger partial charge in [-0.05, 0) is 33.8 Å². The van der Waals surface area contributed by atoms with Crippen molar-refractivity contribution in [2.75, 3.05) is 11.9 Å². The van der Waals surface area contributed by atoms with E-state index >= 15 is 0 Å². The number of hydrogen-bond acceptors (Lipinski definition) is 5. The fourth-order valence-corrected chi connectivity index (χ4v) is 1.52. The zero-order valence-corrected chi connectivity index (χ0v) is 12.6. The van der Waals surface area contributed by atoms with Gasteiger partial charge in [-0.15, -0.1) is 0 Å². The summed E-state index contributed by atoms with van der Waals surface area (Å²) in [5, 5.41) is 2.57. The number of hydrogen-bond donors (Lipinski definition) is 1. The zero-order valence-electron chi connectivity index (χ0n) is 11.8. The molecule has 20 heavy (non-hydrogen) atoms. The van der Waals surface area contributed by atoms with Gasteiger partial charge < -0.3 is 9.47 Å². The Labute approximate surface area is 122 Å². The summed E-state index contributed by atoms with van der Waals surface area (Å²) in [7, 11) is 0. The molecule has 1 amide bonds. The lowest BCUT2D eigenvalue weighted by Gasteiger charge is -2.19. The fraction of sp³-hybridized carbons (Fsp3) is 0.462. The molecular weight excluding hydrogens is 284 g/mol. The fourth-order valence-electron chi connectivity index (χ4n) is 1.28. The van der Waals surface area contributed by atoms with Crippen LogP contribution < -0.4 is 5.32 Å². The quantitative estimate of drug-likeness (QED) is 0.867. The largest absolute Gasteiger partial charge is 0.461 e. The third kappa shape index (κ3) is 5.05. The lowest BCUT2D eigenvalue weighted by Crippen LogP contribution is -2.27. The molecule has 6 nitrogen and oxygen atoms in total. The Morgan fingerprint density at radius 3 is 2.55 bits per heavy atom. The second-order valence-corrected chi connectivity index (χ2v) is 5.31. The van der Waals surface area contributed by atoms with Crippen LogP contribution in [0.1, 0.15) is 38.2 Å². The number of aromatic nitrogens is 1. The average molecular weight is 301 g/mol. The molecule has 1 N–H and O–H groups in total. The molecule has 0 saturated heterocycles. The number of anilines is 1. The molecule has 0 atom stereocenters. The van der Waals surface area contributed by atoms with Crippen LogP contribution in [-0.4, -0.2) is 29.3 Å². The van der Waals surface area contributed by atoms with Gasteiger partial charge in [0.05, 0.1) is 23.5 Å². The Morgan fingerprint density at radius 1 is 1.40 bits per heavy atom. The Balaban J connectivity index is 2.78. The molecule has 0 bridgehead atoms. The summed E-state index contributed by atoms with van der Waals surface area (Å²) < 4.78 is 9.88. The van der Waals surface area contributed by atoms with Gasteiger partial charge in [-0.2, -0.15) is 0 Å². The number of ether oxygens (including phenoxy) is 2. The molecule has 0 spiro atoms. The van der Waals surface area contributed by atoms with E-state index in [0.717, 1.165) is 0 Å². The molecule has 110 valence electrons. The molecule has 1 heterocycles. The van der Waals surface area contributed by atoms with Gasteiger partial charge in [0.2, 0.25) is 0 Å². The number of amides is 1. The number of carbonyl (C=O) groups is 2. The van der Waals surface area contributed by atoms with Gasteiger partial charge in [0.15, 0.2) is 5.69 Å². The van der Waals surface area contributed by atoms with Gasteiger partial charge in [0.25, 0.3) is 0 Å². The van der Waals surface area contributed by atoms with Crippen LogP contribution in [0.3, 0.4) is 0 Å². The summed E-state index contributed by atoms with van der Waals surface area (Å²) >= 11 is 5.92. The van der Waals surface area contributed by atoms with Crippen molar-refractivity contribution in [3.8, 4) is 0 Å². The second-order valence-electron chi connectivity index (χ2n) is 4.90. The Bertz CT molecular complexity index is 512. The van der Waals surface area contributed by atoms with Crippen LogP contribution in [0.2, 0.25) is 5.02 Å². The highest BCUT2D eigenvalue weighted by molar-refractivity contribution is 6.33. The lowest BCUT2D eigenvalue weighted by atomic mass is 10.2. The smallest absolute Gasteiger partial charge is 0.412 e. The molecule has 0 aliphatic heterocycles. The van der Waals surface area contributed by atoms with Crippen molar-refractivity contribution in [3.63, 3.8) is 0 Å². The van der Waals surface area contributed by atoms with E-state index < -0.39 is 17.7 Å². The van der Waals surface area contributed by atoms with E-state index in [0.29, 0.717) is 5.69 Å². The second kappa shape index (κ2) is 6.56. The van der Waals surface area contributed by atoms with Crippen molar-refractivity contribution < 1.29 is 19.1 Å². The van der Waals surface area contributed by atoms with Gasteiger partial charge >= 0.3 is 12.1 Å². The summed E-state index contributed by atoms with van der Waals surface area (Å²) in [5.41, 5.74) is -0.271. The molecule has 0 unspecified atom stereocenters. The molecule has 1 rings (SSSR count). The normalized spacial score (nSPS) is 10.8. The van der Waals surface area contributed by atoms with Crippen LogP contribution >= 0.6 is 11.6 Å². The van der Waals surface area contributed by atoms with Crippen molar-refractivity contribution in [1.82, 2.24) is 4.98 Å². The van der Waals surface area contributed by atoms with E-state index in [1.165, 1.54) is 12.3 Å². The minimum Gasteiger partial charge on any atom is -0.461 e. The molecule has 1 aromatic rings. The minimum atomic E-state index is -0.626. The number of nitrogens with zero attached hydrogens (tertiary/aromatic N) is 1. The monoisotopic (exact) mass is 300 g/mol. The lowest BCUT2D eigenvalue weighted by molar-refractivity contribution is 0.0519. The van der Waals surface area contributed by atoms with Crippen molar-refractivity contribution in [1.29, 1.82) is 0 Å². The topological polar surface area (TPSA) is 77.5 Å². The summed E-state index contributed by atoms with van der Waals surface area (Å²) in [6.45, 7) is 7.17. The van der Waals surface area contributed by atoms with Crippen molar-refractivity contribution in [2.45, 2.75) is 33.3 Å². The predicted molar refractivity (Wildman–Crippen MR) is 75.1 cm³/mol. The van der Waals surface area contributed by atoms with E-state index in [4.69, 9.17) is 21.1 Å². The number of esters is 1. The summed E-state index contributed by atoms with van der Waals surface area (Å²) in [5.74, 6) is -0.610. The molecule has 7 heteroatoms. The number of nitrogens with one attached hydrogen (secondary N) is 1. The highest BCUT2D eigenvalue weighted by atomic mass is 35.5. The van der Waals surface area contributed by atoms with Gasteiger partial charge in [-0.3, -0.25) is 5.32 Å². The maximum Gasteiger partial charge on any atom is 0.412 e. The zero-order chi connectivity index (χ0) is 15.3. The van der Waals surface area contributed by atoms with Crippen LogP contribution in [0.15, 0.2) is 12.3 Å². The van der Waals surface area contributed by atoms with Gasteiger partial charge in [0, 0.05) is 0 Å². The maximum atomic E-state index is 11.6. The van der Waals surface area contributed by atoms with Gasteiger partial charge in [0.1, 0.15) is 5.60 Å². The van der Waals surface area contributed by atoms with E-state index in [1.807, 2.05) is 0 Å². The van der Waals surface area contributed by atoms with Crippen molar-refractivity contribution in [2.24, 2.45) is 0 Å². The number of pyridine rings is 1. The molecule has 0 saturated carbocycles. The van der Waals surface area contributed by atoms with Crippen molar-refractivity contribution >= 4 is 29.4 Å². The van der Waals surface area contributed by atoms with Crippen LogP contribution in [0.25, 0.3) is 0 Å². The molecule has 0 radical (unpaired) electrons. The molecule has 0 fully saturated rings. The first-order valence-electron chi connectivity index (χ1n) is 6.05. The third-order valence-corrected chi connectivity index (χ3v) is 2.24. The van der Waals surface area contributed by atoms with E-state index in [9.17, 15) is 9.59 Å². The Morgan fingerprint density at radius 2 is 2.05 bits per heavy atom. The van der Waals surface area contributed by atoms with Crippen LogP contribution in [0.4, 0.5) is 10.5 Å². The first-order valence-corrected chi connectivity index (χ1v) is 6.43. The standard InChI is InChI=1S/C13H17ClN2O4/c1-5-19-11(17)10-9(14)6-8(7-15-10)16-12(18)20-13(2,3)4/h6-7H,5H2,1-4H3,(H,16,18). The van der Waals surface area contributed by atoms with Gasteiger partial charge in [-0.1, -0.05) is 11.6 Å². The third-order valence-electron chi connectivity index (χ3n) is 1.96. The number of halogens is 1. The van der Waals surface area contributed by atoms with Crippen LogP contribution in [0.5, 0.6) is 0 Å². The van der Waals surface area contributed by atoms with Crippen LogP contribution in [0, 0.1) is 0 Å². The maximum absolute atomic E-state index is 11.6. The summed E-state index contributed by atoms with van der Waals surface area (Å²) in [6, 6.07) is 1.41. The highest BCUT2D eigenvalue weighted by Gasteiger charge is 2.18. The minimum absolute atomic E-state index is 0.00301. The molecule has 0 aliphatic rings. The molecule has 1 aromatic heterocycles. The molecular formula is C13H17ClN2O4. The van der Waals surface area contributed by atoms with E-state index in [1.54, 1.807) is 27.7 Å². The van der Waals surface area contributed by atoms with Gasteiger partial charge in [-0.25, -0.2) is 14.6 Å². The van der Waals surface area contributed by atoms with Crippen LogP contribution in [-0.2, 0) is 9.47 Å².